The third-order valence-electron chi connectivity index (χ3n) is 3.26. The molecule has 0 spiro atoms. The summed E-state index contributed by atoms with van der Waals surface area (Å²) in [6.45, 7) is 1.87. The molecular formula is C14H15FN4OS. The molecule has 1 aromatic heterocycles. The Morgan fingerprint density at radius 1 is 1.52 bits per heavy atom. The minimum Gasteiger partial charge on any atom is -0.389 e. The van der Waals surface area contributed by atoms with Crippen LogP contribution < -0.4 is 11.1 Å². The zero-order chi connectivity index (χ0) is 15.6. The number of nitrogens with two attached hydrogens (primary N) is 1. The molecule has 21 heavy (non-hydrogen) atoms. The van der Waals surface area contributed by atoms with Gasteiger partial charge in [-0.2, -0.15) is 5.10 Å². The van der Waals surface area contributed by atoms with Gasteiger partial charge in [0.2, 0.25) is 0 Å². The van der Waals surface area contributed by atoms with Gasteiger partial charge in [0.15, 0.2) is 0 Å². The Morgan fingerprint density at radius 3 is 2.76 bits per heavy atom. The maximum Gasteiger partial charge on any atom is 0.255 e. The van der Waals surface area contributed by atoms with Crippen molar-refractivity contribution in [2.45, 2.75) is 13.5 Å². The lowest BCUT2D eigenvalue weighted by atomic mass is 10.1. The van der Waals surface area contributed by atoms with Crippen molar-refractivity contribution in [3.8, 4) is 0 Å². The third-order valence-corrected chi connectivity index (χ3v) is 3.49. The number of aromatic nitrogens is 2. The van der Waals surface area contributed by atoms with Gasteiger partial charge in [-0.3, -0.25) is 9.48 Å². The maximum atomic E-state index is 13.9. The molecule has 1 amide bonds. The van der Waals surface area contributed by atoms with Crippen molar-refractivity contribution in [1.82, 2.24) is 15.1 Å². The van der Waals surface area contributed by atoms with E-state index in [-0.39, 0.29) is 17.4 Å². The van der Waals surface area contributed by atoms with E-state index in [4.69, 9.17) is 18.0 Å². The quantitative estimate of drug-likeness (QED) is 0.838. The number of benzene rings is 1. The summed E-state index contributed by atoms with van der Waals surface area (Å²) in [7, 11) is 1.75. The smallest absolute Gasteiger partial charge is 0.255 e. The van der Waals surface area contributed by atoms with Crippen molar-refractivity contribution < 1.29 is 9.18 Å². The summed E-state index contributed by atoms with van der Waals surface area (Å²) < 4.78 is 15.5. The van der Waals surface area contributed by atoms with Gasteiger partial charge in [-0.05, 0) is 13.0 Å². The number of amides is 1. The maximum absolute atomic E-state index is 13.9. The van der Waals surface area contributed by atoms with Gasteiger partial charge in [0.1, 0.15) is 10.8 Å². The summed E-state index contributed by atoms with van der Waals surface area (Å²) in [5, 5.41) is 6.66. The van der Waals surface area contributed by atoms with Crippen LogP contribution in [0.3, 0.4) is 0 Å². The summed E-state index contributed by atoms with van der Waals surface area (Å²) in [6, 6.07) is 4.45. The highest BCUT2D eigenvalue weighted by Crippen LogP contribution is 2.11. The van der Waals surface area contributed by atoms with Gasteiger partial charge >= 0.3 is 0 Å². The molecule has 0 atom stereocenters. The first-order valence-corrected chi connectivity index (χ1v) is 6.66. The standard InChI is InChI=1S/C14H15FN4OS/c1-8-11(7-18-19(8)2)14(20)17-6-10-4-3-9(13(16)21)5-12(10)15/h3-5,7H,6H2,1-2H3,(H2,16,21)(H,17,20). The molecule has 110 valence electrons. The van der Waals surface area contributed by atoms with Crippen LogP contribution in [0, 0.1) is 12.7 Å². The van der Waals surface area contributed by atoms with Crippen molar-refractivity contribution in [2.75, 3.05) is 0 Å². The van der Waals surface area contributed by atoms with Crippen LogP contribution in [0.1, 0.15) is 27.2 Å². The molecule has 1 aromatic carbocycles. The van der Waals surface area contributed by atoms with Gasteiger partial charge in [-0.15, -0.1) is 0 Å². The van der Waals surface area contributed by atoms with Crippen LogP contribution in [0.25, 0.3) is 0 Å². The van der Waals surface area contributed by atoms with Crippen molar-refractivity contribution in [3.05, 3.63) is 52.6 Å². The molecule has 7 heteroatoms. The van der Waals surface area contributed by atoms with Gasteiger partial charge in [0.05, 0.1) is 11.8 Å². The molecule has 0 unspecified atom stereocenters. The second-order valence-corrected chi connectivity index (χ2v) is 5.06. The number of thiocarbonyl (C=S) groups is 1. The second kappa shape index (κ2) is 6.01. The average molecular weight is 306 g/mol. The van der Waals surface area contributed by atoms with Gasteiger partial charge < -0.3 is 11.1 Å². The monoisotopic (exact) mass is 306 g/mol. The van der Waals surface area contributed by atoms with E-state index in [9.17, 15) is 9.18 Å². The fourth-order valence-corrected chi connectivity index (χ4v) is 1.96. The highest BCUT2D eigenvalue weighted by molar-refractivity contribution is 7.80. The van der Waals surface area contributed by atoms with Crippen LogP contribution in [0.5, 0.6) is 0 Å². The Hall–Kier alpha value is -2.28. The topological polar surface area (TPSA) is 72.9 Å². The van der Waals surface area contributed by atoms with Gasteiger partial charge in [-0.25, -0.2) is 4.39 Å². The minimum absolute atomic E-state index is 0.0800. The first kappa shape index (κ1) is 15.1. The summed E-state index contributed by atoms with van der Waals surface area (Å²) in [5.74, 6) is -0.748. The molecule has 3 N–H and O–H groups in total. The van der Waals surface area contributed by atoms with Crippen LogP contribution in [-0.2, 0) is 13.6 Å². The Bertz CT molecular complexity index is 711. The largest absolute Gasteiger partial charge is 0.389 e. The predicted octanol–water partition coefficient (Wildman–Crippen LogP) is 1.43. The Labute approximate surface area is 126 Å². The fourth-order valence-electron chi connectivity index (χ4n) is 1.84. The Balaban J connectivity index is 2.08. The van der Waals surface area contributed by atoms with Crippen LogP contribution in [0.2, 0.25) is 0 Å². The van der Waals surface area contributed by atoms with E-state index in [2.05, 4.69) is 10.4 Å². The molecule has 0 fully saturated rings. The number of hydrogen-bond donors (Lipinski definition) is 2. The molecule has 2 rings (SSSR count). The van der Waals surface area contributed by atoms with E-state index in [1.54, 1.807) is 30.8 Å². The molecule has 0 bridgehead atoms. The molecule has 0 aliphatic heterocycles. The molecular weight excluding hydrogens is 291 g/mol. The van der Waals surface area contributed by atoms with E-state index < -0.39 is 5.82 Å². The van der Waals surface area contributed by atoms with Gasteiger partial charge in [0.25, 0.3) is 5.91 Å². The van der Waals surface area contributed by atoms with Crippen molar-refractivity contribution >= 4 is 23.1 Å². The SMILES string of the molecule is Cc1c(C(=O)NCc2ccc(C(N)=S)cc2F)cnn1C. The Morgan fingerprint density at radius 2 is 2.24 bits per heavy atom. The molecule has 0 saturated heterocycles. The first-order chi connectivity index (χ1) is 9.90. The van der Waals surface area contributed by atoms with E-state index in [0.717, 1.165) is 5.69 Å². The number of rotatable bonds is 4. The number of aryl methyl sites for hydroxylation is 1. The van der Waals surface area contributed by atoms with E-state index in [1.807, 2.05) is 0 Å². The summed E-state index contributed by atoms with van der Waals surface area (Å²) in [6.07, 6.45) is 1.48. The van der Waals surface area contributed by atoms with E-state index in [0.29, 0.717) is 16.7 Å². The first-order valence-electron chi connectivity index (χ1n) is 6.25. The number of nitrogens with one attached hydrogen (secondary N) is 1. The van der Waals surface area contributed by atoms with Crippen LogP contribution in [0.4, 0.5) is 4.39 Å². The Kier molecular flexibility index (Phi) is 4.32. The van der Waals surface area contributed by atoms with E-state index >= 15 is 0 Å². The summed E-state index contributed by atoms with van der Waals surface area (Å²) in [4.78, 5) is 12.1. The average Bonchev–Trinajstić information content (AvgIpc) is 2.77. The predicted molar refractivity (Wildman–Crippen MR) is 81.4 cm³/mol. The highest BCUT2D eigenvalue weighted by Gasteiger charge is 2.13. The molecule has 0 radical (unpaired) electrons. The second-order valence-electron chi connectivity index (χ2n) is 4.62. The zero-order valence-electron chi connectivity index (χ0n) is 11.7. The van der Waals surface area contributed by atoms with E-state index in [1.165, 1.54) is 12.3 Å². The zero-order valence-corrected chi connectivity index (χ0v) is 12.5. The molecule has 2 aromatic rings. The molecule has 1 heterocycles. The van der Waals surface area contributed by atoms with Crippen LogP contribution in [0.15, 0.2) is 24.4 Å². The normalized spacial score (nSPS) is 10.4. The fraction of sp³-hybridized carbons (Fsp3) is 0.214. The van der Waals surface area contributed by atoms with Crippen LogP contribution in [-0.4, -0.2) is 20.7 Å². The van der Waals surface area contributed by atoms with Crippen molar-refractivity contribution in [1.29, 1.82) is 0 Å². The van der Waals surface area contributed by atoms with Crippen LogP contribution >= 0.6 is 12.2 Å². The van der Waals surface area contributed by atoms with Gasteiger partial charge in [-0.1, -0.05) is 24.4 Å². The highest BCUT2D eigenvalue weighted by atomic mass is 32.1. The number of carbonyl (C=O) groups excluding carboxylic acids is 1. The lowest BCUT2D eigenvalue weighted by molar-refractivity contribution is 0.0950. The van der Waals surface area contributed by atoms with Gasteiger partial charge in [0, 0.05) is 30.4 Å². The molecule has 5 nitrogen and oxygen atoms in total. The number of hydrogen-bond acceptors (Lipinski definition) is 3. The van der Waals surface area contributed by atoms with Crippen molar-refractivity contribution in [2.24, 2.45) is 12.8 Å². The third kappa shape index (κ3) is 3.25. The number of nitrogens with zero attached hydrogens (tertiary/aromatic N) is 2. The van der Waals surface area contributed by atoms with Crippen molar-refractivity contribution in [3.63, 3.8) is 0 Å². The molecule has 0 saturated carbocycles. The number of carbonyl (C=O) groups is 1. The lowest BCUT2D eigenvalue weighted by Crippen LogP contribution is -2.24. The minimum atomic E-state index is -0.455. The summed E-state index contributed by atoms with van der Waals surface area (Å²) in [5.41, 5.74) is 7.48. The lowest BCUT2D eigenvalue weighted by Gasteiger charge is -2.07. The molecule has 0 aliphatic carbocycles. The number of halogens is 1. The summed E-state index contributed by atoms with van der Waals surface area (Å²) >= 11 is 4.78. The molecule has 0 aliphatic rings.